The molecule has 1 N–H and O–H groups in total. The third-order valence-corrected chi connectivity index (χ3v) is 6.70. The first-order valence-electron chi connectivity index (χ1n) is 14.0. The largest absolute Gasteiger partial charge is 0.443 e. The molecule has 0 aliphatic heterocycles. The van der Waals surface area contributed by atoms with Crippen molar-refractivity contribution in [2.75, 3.05) is 19.4 Å². The highest BCUT2D eigenvalue weighted by molar-refractivity contribution is 5.91. The van der Waals surface area contributed by atoms with Gasteiger partial charge in [-0.3, -0.25) is 14.4 Å². The van der Waals surface area contributed by atoms with Crippen LogP contribution in [0.1, 0.15) is 64.3 Å². The molecule has 2 heterocycles. The van der Waals surface area contributed by atoms with Gasteiger partial charge < -0.3 is 19.5 Å². The summed E-state index contributed by atoms with van der Waals surface area (Å²) in [6, 6.07) is 9.03. The van der Waals surface area contributed by atoms with Gasteiger partial charge in [-0.25, -0.2) is 14.3 Å². The quantitative estimate of drug-likeness (QED) is 0.283. The fourth-order valence-electron chi connectivity index (χ4n) is 4.46. The third kappa shape index (κ3) is 7.93. The summed E-state index contributed by atoms with van der Waals surface area (Å²) in [5.74, 6) is 0.605. The van der Waals surface area contributed by atoms with Crippen LogP contribution in [0, 0.1) is 5.92 Å². The van der Waals surface area contributed by atoms with Crippen molar-refractivity contribution in [2.45, 2.75) is 71.4 Å². The van der Waals surface area contributed by atoms with Gasteiger partial charge in [-0.1, -0.05) is 18.2 Å². The molecule has 0 radical (unpaired) electrons. The molecule has 10 nitrogen and oxygen atoms in total. The fraction of sp³-hybridized carbons (Fsp3) is 0.452. The van der Waals surface area contributed by atoms with Gasteiger partial charge in [0.1, 0.15) is 17.1 Å². The highest BCUT2D eigenvalue weighted by atomic mass is 16.6. The van der Waals surface area contributed by atoms with Gasteiger partial charge in [0.25, 0.3) is 5.56 Å². The van der Waals surface area contributed by atoms with Gasteiger partial charge in [0.15, 0.2) is 0 Å². The van der Waals surface area contributed by atoms with Crippen molar-refractivity contribution >= 4 is 34.6 Å². The summed E-state index contributed by atoms with van der Waals surface area (Å²) >= 11 is 0. The predicted molar refractivity (Wildman–Crippen MR) is 158 cm³/mol. The van der Waals surface area contributed by atoms with Crippen LogP contribution < -0.4 is 10.9 Å². The standard InChI is InChI=1S/C31H39N5O5/c1-31(2,3)41-30(40)36-24-13-9-11-22(19-21-16-17-21)28(24)33-25(36)20-35-18-10-12-23(29(35)39)32-26(37)14-7-6-8-15-27(38)34(4)5/h8-13,15,18,21H,6-7,14,16-17,19-20H2,1-5H3,(H,32,37)/b15-8+. The van der Waals surface area contributed by atoms with Crippen molar-refractivity contribution < 1.29 is 19.1 Å². The van der Waals surface area contributed by atoms with Crippen LogP contribution in [0.2, 0.25) is 0 Å². The van der Waals surface area contributed by atoms with E-state index >= 15 is 0 Å². The number of imidazole rings is 1. The van der Waals surface area contributed by atoms with E-state index in [9.17, 15) is 19.2 Å². The summed E-state index contributed by atoms with van der Waals surface area (Å²) in [6.07, 6.45) is 8.84. The lowest BCUT2D eigenvalue weighted by molar-refractivity contribution is -0.123. The second-order valence-electron chi connectivity index (χ2n) is 11.7. The maximum absolute atomic E-state index is 13.3. The molecule has 0 unspecified atom stereocenters. The molecule has 41 heavy (non-hydrogen) atoms. The Balaban J connectivity index is 1.54. The minimum absolute atomic E-state index is 0.0179. The Hall–Kier alpha value is -4.21. The normalized spacial score (nSPS) is 13.5. The number of hydrogen-bond acceptors (Lipinski definition) is 6. The molecule has 2 amide bonds. The second-order valence-corrected chi connectivity index (χ2v) is 11.7. The number of likely N-dealkylation sites (N-methyl/N-ethyl adjacent to an activating group) is 1. The molecule has 1 aliphatic rings. The Bertz CT molecular complexity index is 1520. The van der Waals surface area contributed by atoms with Crippen LogP contribution in [-0.4, -0.2) is 56.6 Å². The van der Waals surface area contributed by atoms with E-state index in [-0.39, 0.29) is 30.5 Å². The van der Waals surface area contributed by atoms with Gasteiger partial charge in [-0.15, -0.1) is 0 Å². The van der Waals surface area contributed by atoms with Gasteiger partial charge in [0.2, 0.25) is 11.8 Å². The molecule has 0 bridgehead atoms. The number of fused-ring (bicyclic) bond motifs is 1. The van der Waals surface area contributed by atoms with Crippen LogP contribution >= 0.6 is 0 Å². The first-order valence-corrected chi connectivity index (χ1v) is 14.0. The van der Waals surface area contributed by atoms with Crippen molar-refractivity contribution in [3.8, 4) is 0 Å². The Labute approximate surface area is 240 Å². The number of ether oxygens (including phenoxy) is 1. The highest BCUT2D eigenvalue weighted by Crippen LogP contribution is 2.34. The smallest absolute Gasteiger partial charge is 0.420 e. The number of rotatable bonds is 10. The fourth-order valence-corrected chi connectivity index (χ4v) is 4.46. The molecule has 1 saturated carbocycles. The molecular formula is C31H39N5O5. The number of anilines is 1. The molecule has 3 aromatic rings. The zero-order valence-corrected chi connectivity index (χ0v) is 24.5. The van der Waals surface area contributed by atoms with E-state index < -0.39 is 17.3 Å². The number of aromatic nitrogens is 3. The number of nitrogens with zero attached hydrogens (tertiary/aromatic N) is 4. The number of hydrogen-bond donors (Lipinski definition) is 1. The van der Waals surface area contributed by atoms with E-state index in [0.29, 0.717) is 30.1 Å². The summed E-state index contributed by atoms with van der Waals surface area (Å²) in [5, 5.41) is 2.70. The number of benzene rings is 1. The van der Waals surface area contributed by atoms with Crippen molar-refractivity contribution in [1.29, 1.82) is 0 Å². The van der Waals surface area contributed by atoms with Crippen LogP contribution in [0.25, 0.3) is 11.0 Å². The highest BCUT2D eigenvalue weighted by Gasteiger charge is 2.27. The van der Waals surface area contributed by atoms with Crippen LogP contribution in [0.15, 0.2) is 53.5 Å². The Morgan fingerprint density at radius 2 is 1.90 bits per heavy atom. The van der Waals surface area contributed by atoms with Crippen molar-refractivity contribution in [2.24, 2.45) is 5.92 Å². The van der Waals surface area contributed by atoms with E-state index in [2.05, 4.69) is 5.32 Å². The van der Waals surface area contributed by atoms with E-state index in [0.717, 1.165) is 17.5 Å². The molecule has 1 fully saturated rings. The molecular weight excluding hydrogens is 522 g/mol. The second kappa shape index (κ2) is 12.5. The van der Waals surface area contributed by atoms with Gasteiger partial charge >= 0.3 is 6.09 Å². The monoisotopic (exact) mass is 561 g/mol. The van der Waals surface area contributed by atoms with Gasteiger partial charge in [0.05, 0.1) is 17.6 Å². The van der Waals surface area contributed by atoms with E-state index in [1.807, 2.05) is 18.2 Å². The van der Waals surface area contributed by atoms with Crippen molar-refractivity contribution in [1.82, 2.24) is 19.0 Å². The first-order chi connectivity index (χ1) is 19.4. The van der Waals surface area contributed by atoms with Crippen LogP contribution in [0.3, 0.4) is 0 Å². The molecule has 0 saturated heterocycles. The summed E-state index contributed by atoms with van der Waals surface area (Å²) < 4.78 is 8.57. The van der Waals surface area contributed by atoms with Gasteiger partial charge in [-0.2, -0.15) is 0 Å². The first kappa shape index (κ1) is 29.8. The number of carbonyl (C=O) groups excluding carboxylic acids is 3. The third-order valence-electron chi connectivity index (χ3n) is 6.70. The van der Waals surface area contributed by atoms with Crippen LogP contribution in [0.5, 0.6) is 0 Å². The maximum Gasteiger partial charge on any atom is 0.420 e. The number of amides is 2. The lowest BCUT2D eigenvalue weighted by Gasteiger charge is -2.20. The SMILES string of the molecule is CN(C)C(=O)/C=C/CCCC(=O)Nc1cccn(Cc2nc3c(CC4CC4)cccc3n2C(=O)OC(C)(C)C)c1=O. The molecule has 218 valence electrons. The average Bonchev–Trinajstić information content (AvgIpc) is 3.62. The summed E-state index contributed by atoms with van der Waals surface area (Å²) in [7, 11) is 3.35. The predicted octanol–water partition coefficient (Wildman–Crippen LogP) is 4.74. The van der Waals surface area contributed by atoms with Gasteiger partial charge in [0, 0.05) is 26.7 Å². The Morgan fingerprint density at radius 3 is 2.59 bits per heavy atom. The summed E-state index contributed by atoms with van der Waals surface area (Å²) in [4.78, 5) is 57.1. The molecule has 4 rings (SSSR count). The topological polar surface area (TPSA) is 116 Å². The van der Waals surface area contributed by atoms with E-state index in [1.165, 1.54) is 33.0 Å². The van der Waals surface area contributed by atoms with E-state index in [1.54, 1.807) is 59.3 Å². The number of allylic oxidation sites excluding steroid dienone is 1. The number of nitrogens with one attached hydrogen (secondary N) is 1. The number of para-hydroxylation sites is 1. The van der Waals surface area contributed by atoms with Crippen molar-refractivity contribution in [3.05, 3.63) is 70.4 Å². The zero-order valence-electron chi connectivity index (χ0n) is 24.5. The Morgan fingerprint density at radius 1 is 1.15 bits per heavy atom. The van der Waals surface area contributed by atoms with Crippen LogP contribution in [-0.2, 0) is 27.3 Å². The molecule has 1 aromatic carbocycles. The lowest BCUT2D eigenvalue weighted by atomic mass is 10.1. The molecule has 0 atom stereocenters. The summed E-state index contributed by atoms with van der Waals surface area (Å²) in [6.45, 7) is 5.43. The van der Waals surface area contributed by atoms with Crippen molar-refractivity contribution in [3.63, 3.8) is 0 Å². The maximum atomic E-state index is 13.3. The lowest BCUT2D eigenvalue weighted by Crippen LogP contribution is -2.30. The van der Waals surface area contributed by atoms with Gasteiger partial charge in [-0.05, 0) is 88.6 Å². The summed E-state index contributed by atoms with van der Waals surface area (Å²) in [5.41, 5.74) is 1.48. The number of pyridine rings is 1. The Kier molecular flexibility index (Phi) is 9.10. The average molecular weight is 562 g/mol. The van der Waals surface area contributed by atoms with E-state index in [4.69, 9.17) is 9.72 Å². The molecule has 0 spiro atoms. The number of unbranched alkanes of at least 4 members (excludes halogenated alkanes) is 1. The minimum atomic E-state index is -0.713. The number of carbonyl (C=O) groups is 3. The zero-order chi connectivity index (χ0) is 29.7. The molecule has 1 aliphatic carbocycles. The minimum Gasteiger partial charge on any atom is -0.443 e. The molecule has 10 heteroatoms. The molecule has 2 aromatic heterocycles. The van der Waals surface area contributed by atoms with Crippen LogP contribution in [0.4, 0.5) is 10.5 Å².